The molecule has 0 heterocycles. The Bertz CT molecular complexity index is 1360. The molecule has 37 heavy (non-hydrogen) atoms. The van der Waals surface area contributed by atoms with Crippen molar-refractivity contribution in [1.29, 1.82) is 0 Å². The van der Waals surface area contributed by atoms with E-state index < -0.39 is 6.04 Å². The quantitative estimate of drug-likeness (QED) is 0.457. The Morgan fingerprint density at radius 3 is 2.30 bits per heavy atom. The highest BCUT2D eigenvalue weighted by atomic mass is 35.5. The highest BCUT2D eigenvalue weighted by Crippen LogP contribution is 2.54. The number of carbonyl (C=O) groups is 1. The van der Waals surface area contributed by atoms with Crippen LogP contribution < -0.4 is 35.0 Å². The molecule has 8 nitrogen and oxygen atoms in total. The predicted molar refractivity (Wildman–Crippen MR) is 142 cm³/mol. The molecule has 0 radical (unpaired) electrons. The maximum atomic E-state index is 13.0. The van der Waals surface area contributed by atoms with Gasteiger partial charge in [0.15, 0.2) is 17.2 Å². The van der Waals surface area contributed by atoms with Crippen molar-refractivity contribution >= 4 is 17.6 Å². The zero-order valence-corrected chi connectivity index (χ0v) is 21.9. The number of hydrogen-bond acceptors (Lipinski definition) is 6. The molecular formula is C28H29ClN2O6. The van der Waals surface area contributed by atoms with E-state index in [0.717, 1.165) is 11.1 Å². The minimum Gasteiger partial charge on any atom is -0.493 e. The monoisotopic (exact) mass is 524 g/mol. The molecule has 1 aliphatic carbocycles. The van der Waals surface area contributed by atoms with Crippen molar-refractivity contribution in [2.45, 2.75) is 25.4 Å². The van der Waals surface area contributed by atoms with Gasteiger partial charge in [0.25, 0.3) is 0 Å². The van der Waals surface area contributed by atoms with Gasteiger partial charge >= 0.3 is 6.03 Å². The molecule has 0 aromatic heterocycles. The van der Waals surface area contributed by atoms with Gasteiger partial charge < -0.3 is 29.6 Å². The fourth-order valence-corrected chi connectivity index (χ4v) is 5.03. The Morgan fingerprint density at radius 1 is 0.946 bits per heavy atom. The average molecular weight is 525 g/mol. The van der Waals surface area contributed by atoms with E-state index in [0.29, 0.717) is 58.3 Å². The number of benzene rings is 2. The summed E-state index contributed by atoms with van der Waals surface area (Å²) in [5.41, 5.74) is 3.38. The normalized spacial score (nSPS) is 13.9. The molecule has 0 bridgehead atoms. The van der Waals surface area contributed by atoms with Gasteiger partial charge in [0.05, 0.1) is 39.5 Å². The van der Waals surface area contributed by atoms with Crippen LogP contribution in [-0.2, 0) is 13.0 Å². The molecule has 2 N–H and O–H groups in total. The number of urea groups is 1. The molecule has 0 spiro atoms. The number of ether oxygens (including phenoxy) is 4. The lowest BCUT2D eigenvalue weighted by atomic mass is 9.95. The molecule has 3 aromatic rings. The second-order valence-corrected chi connectivity index (χ2v) is 8.83. The Hall–Kier alpha value is -3.91. The van der Waals surface area contributed by atoms with Crippen LogP contribution in [0, 0.1) is 0 Å². The lowest BCUT2D eigenvalue weighted by molar-refractivity contribution is 0.236. The van der Waals surface area contributed by atoms with Crippen molar-refractivity contribution < 1.29 is 23.7 Å². The van der Waals surface area contributed by atoms with E-state index in [1.165, 1.54) is 34.5 Å². The molecular weight excluding hydrogens is 496 g/mol. The number of carbonyl (C=O) groups excluding carboxylic acids is 1. The minimum atomic E-state index is -0.499. The SMILES string of the molecule is COc1c(Cl)c2c(c(OC)c1OC)-c1ccc(OC)c(=O)cc1[C@@H](NC(=O)NCc1ccccc1)CC2. The fraction of sp³-hybridized carbons (Fsp3) is 0.286. The third kappa shape index (κ3) is 5.15. The van der Waals surface area contributed by atoms with Crippen LogP contribution in [0.3, 0.4) is 0 Å². The van der Waals surface area contributed by atoms with Crippen molar-refractivity contribution in [2.75, 3.05) is 28.4 Å². The Balaban J connectivity index is 1.84. The van der Waals surface area contributed by atoms with Crippen LogP contribution in [0.1, 0.15) is 29.2 Å². The van der Waals surface area contributed by atoms with Gasteiger partial charge in [0.1, 0.15) is 0 Å². The first kappa shape index (κ1) is 26.2. The zero-order valence-electron chi connectivity index (χ0n) is 21.1. The van der Waals surface area contributed by atoms with Gasteiger partial charge in [-0.1, -0.05) is 48.0 Å². The number of fused-ring (bicyclic) bond motifs is 3. The molecule has 1 atom stereocenters. The third-order valence-electron chi connectivity index (χ3n) is 6.41. The Labute approximate surface area is 220 Å². The predicted octanol–water partition coefficient (Wildman–Crippen LogP) is 4.89. The maximum absolute atomic E-state index is 13.0. The topological polar surface area (TPSA) is 95.1 Å². The second kappa shape index (κ2) is 11.4. The molecule has 0 saturated carbocycles. The number of nitrogens with one attached hydrogen (secondary N) is 2. The summed E-state index contributed by atoms with van der Waals surface area (Å²) >= 11 is 6.83. The first-order chi connectivity index (χ1) is 17.9. The van der Waals surface area contributed by atoms with Gasteiger partial charge in [-0.25, -0.2) is 4.79 Å². The molecule has 9 heteroatoms. The third-order valence-corrected chi connectivity index (χ3v) is 6.81. The highest BCUT2D eigenvalue weighted by Gasteiger charge is 2.32. The lowest BCUT2D eigenvalue weighted by Gasteiger charge is -2.21. The molecule has 0 unspecified atom stereocenters. The van der Waals surface area contributed by atoms with Crippen LogP contribution in [0.15, 0.2) is 53.3 Å². The van der Waals surface area contributed by atoms with E-state index in [1.54, 1.807) is 12.1 Å². The van der Waals surface area contributed by atoms with Crippen molar-refractivity contribution in [3.05, 3.63) is 80.5 Å². The second-order valence-electron chi connectivity index (χ2n) is 8.45. The summed E-state index contributed by atoms with van der Waals surface area (Å²) < 4.78 is 22.3. The molecule has 0 fully saturated rings. The Kier molecular flexibility index (Phi) is 8.08. The summed E-state index contributed by atoms with van der Waals surface area (Å²) in [6.07, 6.45) is 0.959. The maximum Gasteiger partial charge on any atom is 0.315 e. The van der Waals surface area contributed by atoms with E-state index in [4.69, 9.17) is 30.5 Å². The van der Waals surface area contributed by atoms with Gasteiger partial charge in [0.2, 0.25) is 11.2 Å². The van der Waals surface area contributed by atoms with E-state index >= 15 is 0 Å². The van der Waals surface area contributed by atoms with Crippen LogP contribution in [0.2, 0.25) is 5.02 Å². The lowest BCUT2D eigenvalue weighted by Crippen LogP contribution is -2.37. The van der Waals surface area contributed by atoms with Crippen molar-refractivity contribution in [3.63, 3.8) is 0 Å². The number of rotatable bonds is 7. The minimum absolute atomic E-state index is 0.174. The summed E-state index contributed by atoms with van der Waals surface area (Å²) in [7, 11) is 5.99. The van der Waals surface area contributed by atoms with Crippen LogP contribution in [-0.4, -0.2) is 34.5 Å². The summed E-state index contributed by atoms with van der Waals surface area (Å²) in [6, 6.07) is 13.6. The molecule has 0 saturated heterocycles. The van der Waals surface area contributed by atoms with E-state index in [9.17, 15) is 9.59 Å². The summed E-state index contributed by atoms with van der Waals surface area (Å²) in [5.74, 6) is 1.29. The van der Waals surface area contributed by atoms with E-state index in [2.05, 4.69) is 10.6 Å². The van der Waals surface area contributed by atoms with Gasteiger partial charge in [-0.05, 0) is 47.2 Å². The van der Waals surface area contributed by atoms with E-state index in [-0.39, 0.29) is 17.2 Å². The molecule has 194 valence electrons. The van der Waals surface area contributed by atoms with Crippen LogP contribution in [0.25, 0.3) is 11.1 Å². The number of hydrogen-bond donors (Lipinski definition) is 2. The standard InChI is InChI=1S/C28H29ClN2O6/c1-34-22-13-11-17-19(14-21(22)32)20(31-28(33)30-15-16-8-6-5-7-9-16)12-10-18-23(17)25(35-2)27(37-4)26(36-3)24(18)29/h5-9,11,13-14,20H,10,12,15H2,1-4H3,(H2,30,31,33)/t20-/m0/s1. The van der Waals surface area contributed by atoms with Gasteiger partial charge in [0, 0.05) is 12.1 Å². The smallest absolute Gasteiger partial charge is 0.315 e. The first-order valence-electron chi connectivity index (χ1n) is 11.7. The summed E-state index contributed by atoms with van der Waals surface area (Å²) in [6.45, 7) is 0.365. The number of halogens is 1. The largest absolute Gasteiger partial charge is 0.493 e. The fourth-order valence-electron chi connectivity index (χ4n) is 4.68. The molecule has 1 aliphatic rings. The van der Waals surface area contributed by atoms with Crippen LogP contribution in [0.5, 0.6) is 23.0 Å². The zero-order chi connectivity index (χ0) is 26.5. The van der Waals surface area contributed by atoms with Crippen molar-refractivity contribution in [3.8, 4) is 34.1 Å². The molecule has 0 aliphatic heterocycles. The number of amides is 2. The number of methoxy groups -OCH3 is 4. The summed E-state index contributed by atoms with van der Waals surface area (Å²) in [4.78, 5) is 25.9. The van der Waals surface area contributed by atoms with E-state index in [1.807, 2.05) is 30.3 Å². The molecule has 2 amide bonds. The highest BCUT2D eigenvalue weighted by molar-refractivity contribution is 6.34. The van der Waals surface area contributed by atoms with Gasteiger partial charge in [-0.3, -0.25) is 4.79 Å². The summed E-state index contributed by atoms with van der Waals surface area (Å²) in [5, 5.41) is 6.31. The average Bonchev–Trinajstić information content (AvgIpc) is 3.16. The van der Waals surface area contributed by atoms with Crippen LogP contribution in [0.4, 0.5) is 4.79 Å². The molecule has 3 aromatic carbocycles. The van der Waals surface area contributed by atoms with Gasteiger partial charge in [-0.2, -0.15) is 0 Å². The van der Waals surface area contributed by atoms with Crippen molar-refractivity contribution in [1.82, 2.24) is 10.6 Å². The van der Waals surface area contributed by atoms with Crippen molar-refractivity contribution in [2.24, 2.45) is 0 Å². The molecule has 4 rings (SSSR count). The Morgan fingerprint density at radius 2 is 1.65 bits per heavy atom. The first-order valence-corrected chi connectivity index (χ1v) is 12.1. The van der Waals surface area contributed by atoms with Crippen LogP contribution >= 0.6 is 11.6 Å². The van der Waals surface area contributed by atoms with Gasteiger partial charge in [-0.15, -0.1) is 0 Å².